The molecular formula is C15H19Cl2N3O. The summed E-state index contributed by atoms with van der Waals surface area (Å²) < 4.78 is 0. The fraction of sp³-hybridized carbons (Fsp3) is 0.400. The number of aliphatic hydroxyl groups is 1. The van der Waals surface area contributed by atoms with E-state index in [4.69, 9.17) is 11.6 Å². The van der Waals surface area contributed by atoms with Gasteiger partial charge in [-0.15, -0.1) is 12.4 Å². The minimum atomic E-state index is -0.253. The number of nitrogens with one attached hydrogen (secondary N) is 2. The van der Waals surface area contributed by atoms with E-state index in [1.807, 2.05) is 24.3 Å². The van der Waals surface area contributed by atoms with Crippen LogP contribution < -0.4 is 10.6 Å². The summed E-state index contributed by atoms with van der Waals surface area (Å²) in [5.74, 6) is 0.272. The number of β-amino-alcohol motifs (C(OH)–C–C–N with tert-alkyl or cyclic N) is 1. The zero-order valence-corrected chi connectivity index (χ0v) is 13.1. The Morgan fingerprint density at radius 3 is 3.00 bits per heavy atom. The van der Waals surface area contributed by atoms with Gasteiger partial charge >= 0.3 is 0 Å². The standard InChI is InChI=1S/C15H18ClN3O.ClH/c16-13-4-10-2-1-3-19-15(10)11(5-13)6-17-7-12-8-18-9-14(12)20;/h1-5,12,14,17-18,20H,6-9H2;1H. The number of halogens is 2. The minimum absolute atomic E-state index is 0. The molecule has 6 heteroatoms. The Kier molecular flexibility index (Phi) is 5.79. The maximum Gasteiger partial charge on any atom is 0.0747 e. The van der Waals surface area contributed by atoms with Crippen LogP contribution >= 0.6 is 24.0 Å². The maximum absolute atomic E-state index is 9.77. The van der Waals surface area contributed by atoms with Crippen molar-refractivity contribution in [2.75, 3.05) is 19.6 Å². The predicted octanol–water partition coefficient (Wildman–Crippen LogP) is 1.98. The van der Waals surface area contributed by atoms with Crippen molar-refractivity contribution in [2.45, 2.75) is 12.6 Å². The van der Waals surface area contributed by atoms with Crippen LogP contribution in [0.15, 0.2) is 30.5 Å². The van der Waals surface area contributed by atoms with Gasteiger partial charge in [0.1, 0.15) is 0 Å². The SMILES string of the molecule is Cl.OC1CNCC1CNCc1cc(Cl)cc2cccnc12. The molecule has 0 aliphatic carbocycles. The van der Waals surface area contributed by atoms with Gasteiger partial charge in [0, 0.05) is 48.7 Å². The van der Waals surface area contributed by atoms with Crippen molar-refractivity contribution in [1.29, 1.82) is 0 Å². The molecule has 2 aromatic rings. The number of rotatable bonds is 4. The van der Waals surface area contributed by atoms with Gasteiger partial charge in [-0.1, -0.05) is 17.7 Å². The first kappa shape index (κ1) is 16.5. The van der Waals surface area contributed by atoms with Crippen molar-refractivity contribution >= 4 is 34.9 Å². The van der Waals surface area contributed by atoms with Crippen LogP contribution in [-0.4, -0.2) is 35.8 Å². The molecule has 1 aliphatic rings. The molecule has 0 spiro atoms. The summed E-state index contributed by atoms with van der Waals surface area (Å²) in [5, 5.41) is 18.1. The molecule has 114 valence electrons. The third-order valence-electron chi connectivity index (χ3n) is 3.77. The molecule has 3 rings (SSSR count). The van der Waals surface area contributed by atoms with Crippen molar-refractivity contribution in [3.05, 3.63) is 41.0 Å². The number of aliphatic hydroxyl groups excluding tert-OH is 1. The first-order valence-electron chi connectivity index (χ1n) is 6.86. The van der Waals surface area contributed by atoms with Crippen LogP contribution in [0.2, 0.25) is 5.02 Å². The van der Waals surface area contributed by atoms with Gasteiger partial charge < -0.3 is 15.7 Å². The summed E-state index contributed by atoms with van der Waals surface area (Å²) in [7, 11) is 0. The average molecular weight is 328 g/mol. The molecule has 4 nitrogen and oxygen atoms in total. The van der Waals surface area contributed by atoms with Gasteiger partial charge in [-0.25, -0.2) is 0 Å². The van der Waals surface area contributed by atoms with Crippen LogP contribution in [0.5, 0.6) is 0 Å². The number of hydrogen-bond donors (Lipinski definition) is 3. The number of nitrogens with zero attached hydrogens (tertiary/aromatic N) is 1. The van der Waals surface area contributed by atoms with E-state index in [0.29, 0.717) is 13.1 Å². The van der Waals surface area contributed by atoms with Crippen molar-refractivity contribution < 1.29 is 5.11 Å². The molecular weight excluding hydrogens is 309 g/mol. The highest BCUT2D eigenvalue weighted by Crippen LogP contribution is 2.22. The normalized spacial score (nSPS) is 21.4. The highest BCUT2D eigenvalue weighted by atomic mass is 35.5. The molecule has 1 aliphatic heterocycles. The number of benzene rings is 1. The summed E-state index contributed by atoms with van der Waals surface area (Å²) in [4.78, 5) is 4.43. The van der Waals surface area contributed by atoms with Gasteiger partial charge in [-0.2, -0.15) is 0 Å². The highest BCUT2D eigenvalue weighted by Gasteiger charge is 2.24. The van der Waals surface area contributed by atoms with E-state index in [-0.39, 0.29) is 24.4 Å². The molecule has 1 aromatic carbocycles. The number of fused-ring (bicyclic) bond motifs is 1. The average Bonchev–Trinajstić information content (AvgIpc) is 2.84. The fourth-order valence-corrected chi connectivity index (χ4v) is 2.93. The second-order valence-corrected chi connectivity index (χ2v) is 5.69. The lowest BCUT2D eigenvalue weighted by Crippen LogP contribution is -2.30. The van der Waals surface area contributed by atoms with E-state index in [0.717, 1.165) is 34.6 Å². The number of hydrogen-bond acceptors (Lipinski definition) is 4. The van der Waals surface area contributed by atoms with E-state index >= 15 is 0 Å². The van der Waals surface area contributed by atoms with Gasteiger partial charge in [0.05, 0.1) is 11.6 Å². The molecule has 2 unspecified atom stereocenters. The first-order chi connectivity index (χ1) is 9.74. The van der Waals surface area contributed by atoms with Crippen molar-refractivity contribution in [3.8, 4) is 0 Å². The fourth-order valence-electron chi connectivity index (χ4n) is 2.68. The van der Waals surface area contributed by atoms with E-state index in [2.05, 4.69) is 15.6 Å². The number of pyridine rings is 1. The van der Waals surface area contributed by atoms with Gasteiger partial charge in [0.2, 0.25) is 0 Å². The van der Waals surface area contributed by atoms with Crippen LogP contribution in [0.1, 0.15) is 5.56 Å². The third-order valence-corrected chi connectivity index (χ3v) is 3.99. The van der Waals surface area contributed by atoms with E-state index < -0.39 is 0 Å². The van der Waals surface area contributed by atoms with Gasteiger partial charge in [0.25, 0.3) is 0 Å². The maximum atomic E-state index is 9.77. The first-order valence-corrected chi connectivity index (χ1v) is 7.24. The molecule has 2 atom stereocenters. The van der Waals surface area contributed by atoms with Crippen molar-refractivity contribution in [1.82, 2.24) is 15.6 Å². The molecule has 0 radical (unpaired) electrons. The van der Waals surface area contributed by atoms with Crippen LogP contribution in [0.3, 0.4) is 0 Å². The Balaban J connectivity index is 0.00000161. The van der Waals surface area contributed by atoms with Crippen molar-refractivity contribution in [2.24, 2.45) is 5.92 Å². The van der Waals surface area contributed by atoms with Gasteiger partial charge in [-0.3, -0.25) is 4.98 Å². The Morgan fingerprint density at radius 1 is 1.38 bits per heavy atom. The summed E-state index contributed by atoms with van der Waals surface area (Å²) in [6, 6.07) is 7.81. The molecule has 0 saturated carbocycles. The lowest BCUT2D eigenvalue weighted by Gasteiger charge is -2.14. The van der Waals surface area contributed by atoms with Crippen LogP contribution in [-0.2, 0) is 6.54 Å². The molecule has 2 heterocycles. The van der Waals surface area contributed by atoms with Crippen LogP contribution in [0.25, 0.3) is 10.9 Å². The molecule has 21 heavy (non-hydrogen) atoms. The van der Waals surface area contributed by atoms with Crippen LogP contribution in [0, 0.1) is 5.92 Å². The second-order valence-electron chi connectivity index (χ2n) is 5.26. The Bertz CT molecular complexity index is 608. The summed E-state index contributed by atoms with van der Waals surface area (Å²) in [5.41, 5.74) is 2.07. The van der Waals surface area contributed by atoms with E-state index in [1.54, 1.807) is 6.20 Å². The quantitative estimate of drug-likeness (QED) is 0.803. The Labute approximate surface area is 135 Å². The monoisotopic (exact) mass is 327 g/mol. The van der Waals surface area contributed by atoms with Crippen molar-refractivity contribution in [3.63, 3.8) is 0 Å². The molecule has 3 N–H and O–H groups in total. The Morgan fingerprint density at radius 2 is 2.24 bits per heavy atom. The number of aromatic nitrogens is 1. The van der Waals surface area contributed by atoms with E-state index in [1.165, 1.54) is 0 Å². The molecule has 0 bridgehead atoms. The zero-order valence-electron chi connectivity index (χ0n) is 11.6. The molecule has 0 amide bonds. The smallest absolute Gasteiger partial charge is 0.0747 e. The van der Waals surface area contributed by atoms with Crippen LogP contribution in [0.4, 0.5) is 0 Å². The lowest BCUT2D eigenvalue weighted by atomic mass is 10.1. The lowest BCUT2D eigenvalue weighted by molar-refractivity contribution is 0.146. The molecule has 1 fully saturated rings. The molecule has 1 saturated heterocycles. The third kappa shape index (κ3) is 3.84. The second kappa shape index (κ2) is 7.38. The highest BCUT2D eigenvalue weighted by molar-refractivity contribution is 6.31. The van der Waals surface area contributed by atoms with E-state index in [9.17, 15) is 5.11 Å². The molecule has 1 aromatic heterocycles. The van der Waals surface area contributed by atoms with Gasteiger partial charge in [0.15, 0.2) is 0 Å². The van der Waals surface area contributed by atoms with Gasteiger partial charge in [-0.05, 0) is 23.8 Å². The topological polar surface area (TPSA) is 57.2 Å². The summed E-state index contributed by atoms with van der Waals surface area (Å²) in [6.45, 7) is 3.04. The predicted molar refractivity (Wildman–Crippen MR) is 88.1 cm³/mol. The largest absolute Gasteiger partial charge is 0.391 e. The minimum Gasteiger partial charge on any atom is -0.391 e. The zero-order chi connectivity index (χ0) is 13.9. The summed E-state index contributed by atoms with van der Waals surface area (Å²) >= 11 is 6.15. The Hall–Kier alpha value is -0.910. The summed E-state index contributed by atoms with van der Waals surface area (Å²) in [6.07, 6.45) is 1.54.